The van der Waals surface area contributed by atoms with Crippen molar-refractivity contribution in [2.45, 2.75) is 57.1 Å². The van der Waals surface area contributed by atoms with Crippen LogP contribution in [0.3, 0.4) is 0 Å². The van der Waals surface area contributed by atoms with E-state index < -0.39 is 29.6 Å². The summed E-state index contributed by atoms with van der Waals surface area (Å²) >= 11 is 0. The zero-order valence-electron chi connectivity index (χ0n) is 15.9. The van der Waals surface area contributed by atoms with Crippen LogP contribution in [-0.2, 0) is 19.1 Å². The maximum Gasteiger partial charge on any atom is 0.325 e. The molecule has 0 bridgehead atoms. The molecule has 1 aromatic rings. The lowest BCUT2D eigenvalue weighted by Gasteiger charge is -2.20. The van der Waals surface area contributed by atoms with Crippen LogP contribution in [0.15, 0.2) is 30.3 Å². The van der Waals surface area contributed by atoms with E-state index in [9.17, 15) is 19.2 Å². The Balaban J connectivity index is 1.41. The Hall–Kier alpha value is -2.90. The highest BCUT2D eigenvalue weighted by Gasteiger charge is 2.52. The molecule has 1 spiro atoms. The van der Waals surface area contributed by atoms with Gasteiger partial charge >= 0.3 is 12.0 Å². The normalized spacial score (nSPS) is 18.8. The van der Waals surface area contributed by atoms with Crippen molar-refractivity contribution in [2.24, 2.45) is 0 Å². The number of amides is 4. The molecule has 1 aromatic carbocycles. The molecular weight excluding hydrogens is 362 g/mol. The molecule has 2 fully saturated rings. The Kier molecular flexibility index (Phi) is 5.96. The third kappa shape index (κ3) is 4.32. The van der Waals surface area contributed by atoms with E-state index in [0.717, 1.165) is 12.8 Å². The second-order valence-corrected chi connectivity index (χ2v) is 7.27. The van der Waals surface area contributed by atoms with Crippen LogP contribution in [0.2, 0.25) is 0 Å². The van der Waals surface area contributed by atoms with Crippen molar-refractivity contribution >= 4 is 29.5 Å². The number of imide groups is 1. The van der Waals surface area contributed by atoms with Gasteiger partial charge in [0, 0.05) is 18.7 Å². The first-order valence-corrected chi connectivity index (χ1v) is 9.61. The number of para-hydroxylation sites is 1. The summed E-state index contributed by atoms with van der Waals surface area (Å²) in [6.07, 6.45) is 2.57. The highest BCUT2D eigenvalue weighted by atomic mass is 16.5. The van der Waals surface area contributed by atoms with Crippen molar-refractivity contribution in [1.82, 2.24) is 10.2 Å². The van der Waals surface area contributed by atoms with Crippen LogP contribution in [-0.4, -0.2) is 46.9 Å². The van der Waals surface area contributed by atoms with Crippen molar-refractivity contribution in [2.75, 3.05) is 11.9 Å². The molecule has 1 atom stereocenters. The van der Waals surface area contributed by atoms with Gasteiger partial charge in [0.15, 0.2) is 6.10 Å². The molecule has 2 N–H and O–H groups in total. The predicted octanol–water partition coefficient (Wildman–Crippen LogP) is 2.20. The van der Waals surface area contributed by atoms with E-state index in [2.05, 4.69) is 10.6 Å². The number of rotatable bonds is 7. The summed E-state index contributed by atoms with van der Waals surface area (Å²) in [6, 6.07) is 8.49. The first-order valence-electron chi connectivity index (χ1n) is 9.61. The van der Waals surface area contributed by atoms with Crippen molar-refractivity contribution in [1.29, 1.82) is 0 Å². The van der Waals surface area contributed by atoms with Gasteiger partial charge in [-0.2, -0.15) is 0 Å². The Morgan fingerprint density at radius 2 is 1.89 bits per heavy atom. The van der Waals surface area contributed by atoms with Gasteiger partial charge in [-0.05, 0) is 38.3 Å². The lowest BCUT2D eigenvalue weighted by molar-refractivity contribution is -0.153. The summed E-state index contributed by atoms with van der Waals surface area (Å²) in [7, 11) is 0. The smallest absolute Gasteiger partial charge is 0.325 e. The lowest BCUT2D eigenvalue weighted by Crippen LogP contribution is -2.44. The second kappa shape index (κ2) is 8.41. The van der Waals surface area contributed by atoms with E-state index >= 15 is 0 Å². The Bertz CT molecular complexity index is 758. The Labute approximate surface area is 163 Å². The summed E-state index contributed by atoms with van der Waals surface area (Å²) < 4.78 is 5.14. The van der Waals surface area contributed by atoms with Crippen LogP contribution in [0.4, 0.5) is 10.5 Å². The van der Waals surface area contributed by atoms with Gasteiger partial charge in [-0.25, -0.2) is 4.79 Å². The van der Waals surface area contributed by atoms with E-state index in [1.165, 1.54) is 11.8 Å². The van der Waals surface area contributed by atoms with E-state index in [1.54, 1.807) is 24.3 Å². The number of nitrogens with one attached hydrogen (secondary N) is 2. The zero-order valence-corrected chi connectivity index (χ0v) is 15.9. The van der Waals surface area contributed by atoms with E-state index in [4.69, 9.17) is 4.74 Å². The standard InChI is InChI=1S/C20H25N3O5/c1-14(17(25)21-15-8-3-2-4-9-15)28-16(24)10-7-13-23-18(26)20(22-19(23)27)11-5-6-12-20/h2-4,8-9,14H,5-7,10-13H2,1H3,(H,21,25)(H,22,27)/t14-/m0/s1. The average Bonchev–Trinajstić information content (AvgIpc) is 3.23. The number of ether oxygens (including phenoxy) is 1. The van der Waals surface area contributed by atoms with Gasteiger partial charge in [0.1, 0.15) is 5.54 Å². The quantitative estimate of drug-likeness (QED) is 0.551. The van der Waals surface area contributed by atoms with E-state index in [-0.39, 0.29) is 18.9 Å². The molecule has 3 rings (SSSR count). The largest absolute Gasteiger partial charge is 0.453 e. The number of nitrogens with zero attached hydrogens (tertiary/aromatic N) is 1. The molecule has 0 unspecified atom stereocenters. The minimum absolute atomic E-state index is 0.0209. The number of anilines is 1. The molecule has 1 saturated heterocycles. The third-order valence-corrected chi connectivity index (χ3v) is 5.18. The number of carbonyl (C=O) groups is 4. The van der Waals surface area contributed by atoms with Gasteiger partial charge in [0.2, 0.25) is 0 Å². The van der Waals surface area contributed by atoms with Gasteiger partial charge in [-0.1, -0.05) is 31.0 Å². The molecule has 4 amide bonds. The molecule has 1 heterocycles. The van der Waals surface area contributed by atoms with E-state index in [1.807, 2.05) is 6.07 Å². The number of benzene rings is 1. The molecule has 0 radical (unpaired) electrons. The fourth-order valence-electron chi connectivity index (χ4n) is 3.65. The maximum atomic E-state index is 12.5. The molecule has 2 aliphatic rings. The van der Waals surface area contributed by atoms with Gasteiger partial charge in [-0.3, -0.25) is 19.3 Å². The van der Waals surface area contributed by atoms with Crippen LogP contribution in [0, 0.1) is 0 Å². The molecular formula is C20H25N3O5. The lowest BCUT2D eigenvalue weighted by atomic mass is 9.98. The van der Waals surface area contributed by atoms with Crippen molar-refractivity contribution in [3.05, 3.63) is 30.3 Å². The van der Waals surface area contributed by atoms with Crippen LogP contribution < -0.4 is 10.6 Å². The Morgan fingerprint density at radius 3 is 2.57 bits per heavy atom. The minimum Gasteiger partial charge on any atom is -0.453 e. The number of hydrogen-bond acceptors (Lipinski definition) is 5. The zero-order chi connectivity index (χ0) is 20.1. The molecule has 150 valence electrons. The fraction of sp³-hybridized carbons (Fsp3) is 0.500. The number of urea groups is 1. The topological polar surface area (TPSA) is 105 Å². The molecule has 8 nitrogen and oxygen atoms in total. The Morgan fingerprint density at radius 1 is 1.21 bits per heavy atom. The summed E-state index contributed by atoms with van der Waals surface area (Å²) in [4.78, 5) is 49.9. The van der Waals surface area contributed by atoms with Gasteiger partial charge < -0.3 is 15.4 Å². The average molecular weight is 387 g/mol. The summed E-state index contributed by atoms with van der Waals surface area (Å²) in [5, 5.41) is 5.47. The highest BCUT2D eigenvalue weighted by Crippen LogP contribution is 2.35. The van der Waals surface area contributed by atoms with Gasteiger partial charge in [0.25, 0.3) is 11.8 Å². The van der Waals surface area contributed by atoms with Crippen LogP contribution >= 0.6 is 0 Å². The third-order valence-electron chi connectivity index (χ3n) is 5.18. The molecule has 1 saturated carbocycles. The van der Waals surface area contributed by atoms with Gasteiger partial charge in [-0.15, -0.1) is 0 Å². The predicted molar refractivity (Wildman–Crippen MR) is 101 cm³/mol. The van der Waals surface area contributed by atoms with Gasteiger partial charge in [0.05, 0.1) is 0 Å². The monoisotopic (exact) mass is 387 g/mol. The summed E-state index contributed by atoms with van der Waals surface area (Å²) in [5.74, 6) is -1.16. The number of hydrogen-bond donors (Lipinski definition) is 2. The van der Waals surface area contributed by atoms with Crippen LogP contribution in [0.25, 0.3) is 0 Å². The first kappa shape index (κ1) is 19.9. The maximum absolute atomic E-state index is 12.5. The van der Waals surface area contributed by atoms with Crippen LogP contribution in [0.1, 0.15) is 45.4 Å². The molecule has 0 aromatic heterocycles. The van der Waals surface area contributed by atoms with Crippen LogP contribution in [0.5, 0.6) is 0 Å². The number of esters is 1. The van der Waals surface area contributed by atoms with Crippen molar-refractivity contribution in [3.63, 3.8) is 0 Å². The SMILES string of the molecule is C[C@H](OC(=O)CCCN1C(=O)NC2(CCCC2)C1=O)C(=O)Nc1ccccc1. The fourth-order valence-corrected chi connectivity index (χ4v) is 3.65. The molecule has 1 aliphatic heterocycles. The molecule has 28 heavy (non-hydrogen) atoms. The van der Waals surface area contributed by atoms with E-state index in [0.29, 0.717) is 24.9 Å². The number of carbonyl (C=O) groups excluding carboxylic acids is 4. The summed E-state index contributed by atoms with van der Waals surface area (Å²) in [6.45, 7) is 1.66. The first-order chi connectivity index (χ1) is 13.4. The molecule has 8 heteroatoms. The van der Waals surface area contributed by atoms with Crippen molar-refractivity contribution in [3.8, 4) is 0 Å². The summed E-state index contributed by atoms with van der Waals surface area (Å²) in [5.41, 5.74) is -0.114. The second-order valence-electron chi connectivity index (χ2n) is 7.27. The molecule has 1 aliphatic carbocycles. The van der Waals surface area contributed by atoms with Crippen molar-refractivity contribution < 1.29 is 23.9 Å². The minimum atomic E-state index is -0.939. The highest BCUT2D eigenvalue weighted by molar-refractivity contribution is 6.07.